The van der Waals surface area contributed by atoms with Crippen LogP contribution in [0.15, 0.2) is 18.2 Å². The first-order valence-corrected chi connectivity index (χ1v) is 5.87. The minimum absolute atomic E-state index is 0.166. The monoisotopic (exact) mass is 231 g/mol. The van der Waals surface area contributed by atoms with Crippen LogP contribution in [-0.2, 0) is 0 Å². The molecule has 1 spiro atoms. The predicted molar refractivity (Wildman–Crippen MR) is 62.4 cm³/mol. The maximum absolute atomic E-state index is 6.12. The fraction of sp³-hybridized carbons (Fsp3) is 0.385. The summed E-state index contributed by atoms with van der Waals surface area (Å²) in [6, 6.07) is 3.91. The highest BCUT2D eigenvalue weighted by Gasteiger charge is 2.36. The van der Waals surface area contributed by atoms with Gasteiger partial charge in [0.1, 0.15) is 11.4 Å². The summed E-state index contributed by atoms with van der Waals surface area (Å²) in [4.78, 5) is 0. The molecule has 0 aromatic heterocycles. The van der Waals surface area contributed by atoms with Gasteiger partial charge in [0.25, 0.3) is 0 Å². The van der Waals surface area contributed by atoms with Gasteiger partial charge in [-0.05, 0) is 18.7 Å². The standard InChI is InChI=1S/C13H13NO3/c1-2-13(3-4-14-7-13)17-10-6-12-11(5-9(1)10)15-8-16-12/h1-2,5-6,14H,3-4,7-8H2/t13-/m1/s1. The molecule has 0 amide bonds. The number of rotatable bonds is 0. The number of benzene rings is 1. The lowest BCUT2D eigenvalue weighted by Gasteiger charge is -2.30. The molecule has 17 heavy (non-hydrogen) atoms. The number of nitrogens with one attached hydrogen (secondary N) is 1. The van der Waals surface area contributed by atoms with Gasteiger partial charge in [0, 0.05) is 24.6 Å². The second-order valence-electron chi connectivity index (χ2n) is 4.67. The van der Waals surface area contributed by atoms with Gasteiger partial charge in [-0.15, -0.1) is 0 Å². The Morgan fingerprint density at radius 1 is 1.12 bits per heavy atom. The van der Waals surface area contributed by atoms with Crippen LogP contribution in [0.2, 0.25) is 0 Å². The molecule has 0 unspecified atom stereocenters. The number of hydrogen-bond acceptors (Lipinski definition) is 4. The zero-order valence-electron chi connectivity index (χ0n) is 9.36. The summed E-state index contributed by atoms with van der Waals surface area (Å²) < 4.78 is 16.9. The molecule has 0 saturated carbocycles. The van der Waals surface area contributed by atoms with Gasteiger partial charge in [0.15, 0.2) is 11.5 Å². The van der Waals surface area contributed by atoms with E-state index in [0.29, 0.717) is 6.79 Å². The van der Waals surface area contributed by atoms with Crippen molar-refractivity contribution in [3.63, 3.8) is 0 Å². The lowest BCUT2D eigenvalue weighted by Crippen LogP contribution is -2.37. The van der Waals surface area contributed by atoms with E-state index in [1.54, 1.807) is 0 Å². The van der Waals surface area contributed by atoms with Crippen LogP contribution in [0.3, 0.4) is 0 Å². The first-order valence-electron chi connectivity index (χ1n) is 5.87. The van der Waals surface area contributed by atoms with Gasteiger partial charge in [0.2, 0.25) is 6.79 Å². The summed E-state index contributed by atoms with van der Waals surface area (Å²) in [5.41, 5.74) is 0.896. The average Bonchev–Trinajstić information content (AvgIpc) is 2.95. The Morgan fingerprint density at radius 2 is 2.00 bits per heavy atom. The van der Waals surface area contributed by atoms with E-state index in [9.17, 15) is 0 Å². The third-order valence-electron chi connectivity index (χ3n) is 3.53. The quantitative estimate of drug-likeness (QED) is 0.735. The molecule has 3 aliphatic heterocycles. The summed E-state index contributed by atoms with van der Waals surface area (Å²) in [6.07, 6.45) is 5.28. The van der Waals surface area contributed by atoms with Gasteiger partial charge in [0.05, 0.1) is 0 Å². The van der Waals surface area contributed by atoms with Gasteiger partial charge in [-0.3, -0.25) is 0 Å². The highest BCUT2D eigenvalue weighted by molar-refractivity contribution is 5.66. The predicted octanol–water partition coefficient (Wildman–Crippen LogP) is 1.55. The fourth-order valence-electron chi connectivity index (χ4n) is 2.57. The van der Waals surface area contributed by atoms with Crippen LogP contribution in [0, 0.1) is 0 Å². The van der Waals surface area contributed by atoms with Crippen molar-refractivity contribution >= 4 is 6.08 Å². The van der Waals surface area contributed by atoms with Crippen molar-refractivity contribution in [1.82, 2.24) is 5.32 Å². The van der Waals surface area contributed by atoms with E-state index in [1.165, 1.54) is 0 Å². The van der Waals surface area contributed by atoms with Gasteiger partial charge in [-0.2, -0.15) is 0 Å². The van der Waals surface area contributed by atoms with Gasteiger partial charge in [-0.1, -0.05) is 6.08 Å². The molecule has 1 aromatic rings. The Balaban J connectivity index is 1.77. The van der Waals surface area contributed by atoms with Crippen LogP contribution >= 0.6 is 0 Å². The maximum atomic E-state index is 6.12. The highest BCUT2D eigenvalue weighted by atomic mass is 16.7. The molecule has 0 bridgehead atoms. The van der Waals surface area contributed by atoms with Crippen molar-refractivity contribution in [2.75, 3.05) is 19.9 Å². The first kappa shape index (κ1) is 9.36. The Kier molecular flexibility index (Phi) is 1.74. The number of hydrogen-bond donors (Lipinski definition) is 1. The average molecular weight is 231 g/mol. The Bertz CT molecular complexity index is 504. The van der Waals surface area contributed by atoms with Crippen LogP contribution in [0.1, 0.15) is 12.0 Å². The molecule has 3 heterocycles. The molecule has 4 nitrogen and oxygen atoms in total. The molecule has 88 valence electrons. The molecule has 1 fully saturated rings. The molecule has 4 heteroatoms. The normalized spacial score (nSPS) is 28.2. The molecule has 1 atom stereocenters. The van der Waals surface area contributed by atoms with Gasteiger partial charge < -0.3 is 19.5 Å². The second kappa shape index (κ2) is 3.17. The van der Waals surface area contributed by atoms with Gasteiger partial charge in [-0.25, -0.2) is 0 Å². The van der Waals surface area contributed by atoms with E-state index in [4.69, 9.17) is 14.2 Å². The van der Waals surface area contributed by atoms with Crippen molar-refractivity contribution in [1.29, 1.82) is 0 Å². The van der Waals surface area contributed by atoms with E-state index >= 15 is 0 Å². The van der Waals surface area contributed by atoms with E-state index in [-0.39, 0.29) is 5.60 Å². The molecule has 4 rings (SSSR count). The first-order chi connectivity index (χ1) is 8.35. The van der Waals surface area contributed by atoms with Crippen molar-refractivity contribution in [2.45, 2.75) is 12.0 Å². The van der Waals surface area contributed by atoms with E-state index in [0.717, 1.165) is 42.3 Å². The van der Waals surface area contributed by atoms with Crippen molar-refractivity contribution in [2.24, 2.45) is 0 Å². The smallest absolute Gasteiger partial charge is 0.231 e. The Labute approximate surface area is 99.2 Å². The molecule has 0 aliphatic carbocycles. The van der Waals surface area contributed by atoms with Crippen molar-refractivity contribution in [3.05, 3.63) is 23.8 Å². The molecule has 0 radical (unpaired) electrons. The topological polar surface area (TPSA) is 39.7 Å². The largest absolute Gasteiger partial charge is 0.481 e. The zero-order chi connectivity index (χ0) is 11.3. The minimum Gasteiger partial charge on any atom is -0.481 e. The van der Waals surface area contributed by atoms with Crippen molar-refractivity contribution in [3.8, 4) is 17.2 Å². The van der Waals surface area contributed by atoms with E-state index < -0.39 is 0 Å². The summed E-state index contributed by atoms with van der Waals surface area (Å²) in [5, 5.41) is 3.33. The highest BCUT2D eigenvalue weighted by Crippen LogP contribution is 2.42. The summed E-state index contributed by atoms with van der Waals surface area (Å²) >= 11 is 0. The molecule has 1 N–H and O–H groups in total. The lowest BCUT2D eigenvalue weighted by atomic mass is 9.97. The Morgan fingerprint density at radius 3 is 2.82 bits per heavy atom. The van der Waals surface area contributed by atoms with Crippen LogP contribution in [0.25, 0.3) is 6.08 Å². The van der Waals surface area contributed by atoms with Crippen molar-refractivity contribution < 1.29 is 14.2 Å². The Hall–Kier alpha value is -1.68. The number of fused-ring (bicyclic) bond motifs is 2. The zero-order valence-corrected chi connectivity index (χ0v) is 9.36. The lowest BCUT2D eigenvalue weighted by molar-refractivity contribution is 0.138. The third kappa shape index (κ3) is 1.34. The molecule has 1 saturated heterocycles. The minimum atomic E-state index is -0.166. The second-order valence-corrected chi connectivity index (χ2v) is 4.67. The maximum Gasteiger partial charge on any atom is 0.231 e. The van der Waals surface area contributed by atoms with Crippen LogP contribution in [-0.4, -0.2) is 25.5 Å². The SMILES string of the molecule is C1=C[C@]2(CCNC2)Oc2cc3c(cc21)OCO3. The van der Waals surface area contributed by atoms with E-state index in [1.807, 2.05) is 12.1 Å². The fourth-order valence-corrected chi connectivity index (χ4v) is 2.57. The van der Waals surface area contributed by atoms with Crippen LogP contribution < -0.4 is 19.5 Å². The molecular formula is C13H13NO3. The van der Waals surface area contributed by atoms with E-state index in [2.05, 4.69) is 17.5 Å². The summed E-state index contributed by atoms with van der Waals surface area (Å²) in [7, 11) is 0. The summed E-state index contributed by atoms with van der Waals surface area (Å²) in [5.74, 6) is 2.47. The van der Waals surface area contributed by atoms with Crippen LogP contribution in [0.4, 0.5) is 0 Å². The number of ether oxygens (including phenoxy) is 3. The summed E-state index contributed by atoms with van der Waals surface area (Å²) in [6.45, 7) is 2.18. The molecule has 1 aromatic carbocycles. The molecular weight excluding hydrogens is 218 g/mol. The van der Waals surface area contributed by atoms with Gasteiger partial charge >= 0.3 is 0 Å². The van der Waals surface area contributed by atoms with Crippen LogP contribution in [0.5, 0.6) is 17.2 Å². The molecule has 3 aliphatic rings. The third-order valence-corrected chi connectivity index (χ3v) is 3.53.